The SMILES string of the molecule is CCOC(=O)[C@H]1CCCN(C(=O)Cn2cccc2-c2nc(-c3ccc(Cl)cc3)cs2)C1. The van der Waals surface area contributed by atoms with Crippen LogP contribution in [0, 0.1) is 5.92 Å². The van der Waals surface area contributed by atoms with E-state index in [1.165, 1.54) is 0 Å². The smallest absolute Gasteiger partial charge is 0.310 e. The quantitative estimate of drug-likeness (QED) is 0.502. The van der Waals surface area contributed by atoms with Gasteiger partial charge in [-0.25, -0.2) is 4.98 Å². The zero-order chi connectivity index (χ0) is 21.8. The maximum Gasteiger partial charge on any atom is 0.310 e. The van der Waals surface area contributed by atoms with Crippen molar-refractivity contribution < 1.29 is 14.3 Å². The number of hydrogen-bond donors (Lipinski definition) is 0. The molecule has 1 fully saturated rings. The van der Waals surface area contributed by atoms with Crippen molar-refractivity contribution in [3.05, 3.63) is 53.0 Å². The second-order valence-corrected chi connectivity index (χ2v) is 8.79. The maximum absolute atomic E-state index is 13.0. The summed E-state index contributed by atoms with van der Waals surface area (Å²) in [5.41, 5.74) is 2.78. The topological polar surface area (TPSA) is 64.4 Å². The second kappa shape index (κ2) is 9.66. The molecule has 2 aromatic heterocycles. The summed E-state index contributed by atoms with van der Waals surface area (Å²) in [6.45, 7) is 3.47. The molecule has 1 aromatic carbocycles. The Morgan fingerprint density at radius 2 is 2.06 bits per heavy atom. The Morgan fingerprint density at radius 3 is 2.84 bits per heavy atom. The van der Waals surface area contributed by atoms with E-state index in [4.69, 9.17) is 21.3 Å². The Morgan fingerprint density at radius 1 is 1.26 bits per heavy atom. The van der Waals surface area contributed by atoms with Gasteiger partial charge in [0.15, 0.2) is 0 Å². The van der Waals surface area contributed by atoms with Gasteiger partial charge in [0.05, 0.1) is 23.9 Å². The Labute approximate surface area is 190 Å². The van der Waals surface area contributed by atoms with Crippen LogP contribution in [0.2, 0.25) is 5.02 Å². The number of esters is 1. The lowest BCUT2D eigenvalue weighted by Crippen LogP contribution is -2.44. The first-order valence-electron chi connectivity index (χ1n) is 10.4. The van der Waals surface area contributed by atoms with Crippen LogP contribution in [-0.4, -0.2) is 46.0 Å². The fourth-order valence-corrected chi connectivity index (χ4v) is 4.79. The molecule has 0 aliphatic carbocycles. The van der Waals surface area contributed by atoms with E-state index in [9.17, 15) is 9.59 Å². The van der Waals surface area contributed by atoms with Gasteiger partial charge >= 0.3 is 5.97 Å². The molecule has 162 valence electrons. The summed E-state index contributed by atoms with van der Waals surface area (Å²) in [6.07, 6.45) is 3.47. The summed E-state index contributed by atoms with van der Waals surface area (Å²) < 4.78 is 7.06. The molecule has 0 N–H and O–H groups in total. The number of nitrogens with zero attached hydrogens (tertiary/aromatic N) is 3. The number of rotatable bonds is 6. The van der Waals surface area contributed by atoms with Crippen LogP contribution in [0.5, 0.6) is 0 Å². The molecule has 1 saturated heterocycles. The number of carbonyl (C=O) groups is 2. The first kappa shape index (κ1) is 21.6. The molecule has 31 heavy (non-hydrogen) atoms. The Bertz CT molecular complexity index is 1060. The highest BCUT2D eigenvalue weighted by molar-refractivity contribution is 7.13. The van der Waals surface area contributed by atoms with Crippen LogP contribution in [0.25, 0.3) is 22.0 Å². The van der Waals surface area contributed by atoms with Crippen molar-refractivity contribution >= 4 is 34.8 Å². The van der Waals surface area contributed by atoms with E-state index in [0.29, 0.717) is 24.7 Å². The second-order valence-electron chi connectivity index (χ2n) is 7.50. The molecule has 0 saturated carbocycles. The van der Waals surface area contributed by atoms with Crippen molar-refractivity contribution in [2.24, 2.45) is 5.92 Å². The molecule has 0 spiro atoms. The van der Waals surface area contributed by atoms with Gasteiger partial charge in [-0.3, -0.25) is 9.59 Å². The molecule has 6 nitrogen and oxygen atoms in total. The highest BCUT2D eigenvalue weighted by Crippen LogP contribution is 2.30. The third kappa shape index (κ3) is 4.99. The summed E-state index contributed by atoms with van der Waals surface area (Å²) in [7, 11) is 0. The summed E-state index contributed by atoms with van der Waals surface area (Å²) in [5.74, 6) is -0.442. The van der Waals surface area contributed by atoms with E-state index in [1.54, 1.807) is 23.2 Å². The van der Waals surface area contributed by atoms with Crippen LogP contribution in [0.15, 0.2) is 48.0 Å². The number of carbonyl (C=O) groups excluding carboxylic acids is 2. The first-order valence-corrected chi connectivity index (χ1v) is 11.6. The average Bonchev–Trinajstić information content (AvgIpc) is 3.44. The normalized spacial score (nSPS) is 16.3. The molecule has 4 rings (SSSR count). The lowest BCUT2D eigenvalue weighted by Gasteiger charge is -2.31. The predicted molar refractivity (Wildman–Crippen MR) is 122 cm³/mol. The molecule has 1 aliphatic heterocycles. The first-order chi connectivity index (χ1) is 15.0. The van der Waals surface area contributed by atoms with Crippen LogP contribution >= 0.6 is 22.9 Å². The third-order valence-corrected chi connectivity index (χ3v) is 6.51. The van der Waals surface area contributed by atoms with Gasteiger partial charge in [0.2, 0.25) is 5.91 Å². The van der Waals surface area contributed by atoms with Gasteiger partial charge in [0.25, 0.3) is 0 Å². The number of aromatic nitrogens is 2. The van der Waals surface area contributed by atoms with Crippen molar-refractivity contribution in [2.45, 2.75) is 26.3 Å². The van der Waals surface area contributed by atoms with E-state index in [2.05, 4.69) is 0 Å². The molecule has 3 heterocycles. The molecule has 0 unspecified atom stereocenters. The third-order valence-electron chi connectivity index (χ3n) is 5.39. The molecule has 3 aromatic rings. The van der Waals surface area contributed by atoms with Crippen LogP contribution in [0.3, 0.4) is 0 Å². The maximum atomic E-state index is 13.0. The number of piperidine rings is 1. The Balaban J connectivity index is 1.46. The minimum Gasteiger partial charge on any atom is -0.466 e. The number of thiazole rings is 1. The zero-order valence-corrected chi connectivity index (χ0v) is 18.9. The fraction of sp³-hybridized carbons (Fsp3) is 0.348. The van der Waals surface area contributed by atoms with Crippen LogP contribution in [-0.2, 0) is 20.9 Å². The minimum absolute atomic E-state index is 0.000860. The van der Waals surface area contributed by atoms with Gasteiger partial charge in [-0.15, -0.1) is 11.3 Å². The molecular weight excluding hydrogens is 434 g/mol. The monoisotopic (exact) mass is 457 g/mol. The number of halogens is 1. The molecule has 8 heteroatoms. The van der Waals surface area contributed by atoms with Gasteiger partial charge < -0.3 is 14.2 Å². The lowest BCUT2D eigenvalue weighted by molar-refractivity contribution is -0.151. The predicted octanol–water partition coefficient (Wildman–Crippen LogP) is 4.73. The van der Waals surface area contributed by atoms with E-state index >= 15 is 0 Å². The van der Waals surface area contributed by atoms with Crippen LogP contribution in [0.1, 0.15) is 19.8 Å². The van der Waals surface area contributed by atoms with E-state index in [0.717, 1.165) is 34.8 Å². The number of likely N-dealkylation sites (tertiary alicyclic amines) is 1. The van der Waals surface area contributed by atoms with Crippen molar-refractivity contribution in [2.75, 3.05) is 19.7 Å². The Kier molecular flexibility index (Phi) is 6.73. The fourth-order valence-electron chi connectivity index (χ4n) is 3.79. The molecule has 1 aliphatic rings. The minimum atomic E-state index is -0.234. The molecule has 0 radical (unpaired) electrons. The van der Waals surface area contributed by atoms with Crippen molar-refractivity contribution in [1.82, 2.24) is 14.5 Å². The van der Waals surface area contributed by atoms with Crippen molar-refractivity contribution in [3.8, 4) is 22.0 Å². The summed E-state index contributed by atoms with van der Waals surface area (Å²) in [4.78, 5) is 31.6. The van der Waals surface area contributed by atoms with Crippen molar-refractivity contribution in [1.29, 1.82) is 0 Å². The molecule has 1 atom stereocenters. The van der Waals surface area contributed by atoms with Crippen LogP contribution in [0.4, 0.5) is 0 Å². The summed E-state index contributed by atoms with van der Waals surface area (Å²) in [6, 6.07) is 11.5. The van der Waals surface area contributed by atoms with Gasteiger partial charge in [-0.2, -0.15) is 0 Å². The van der Waals surface area contributed by atoms with Gasteiger partial charge in [-0.05, 0) is 44.0 Å². The number of ether oxygens (including phenoxy) is 1. The molecule has 1 amide bonds. The lowest BCUT2D eigenvalue weighted by atomic mass is 9.98. The molecular formula is C23H24ClN3O3S. The van der Waals surface area contributed by atoms with Gasteiger partial charge in [0.1, 0.15) is 11.6 Å². The summed E-state index contributed by atoms with van der Waals surface area (Å²) in [5, 5.41) is 3.55. The summed E-state index contributed by atoms with van der Waals surface area (Å²) >= 11 is 7.52. The number of amides is 1. The standard InChI is InChI=1S/C23H24ClN3O3S/c1-2-30-23(29)17-5-3-12-27(13-17)21(28)14-26-11-4-6-20(26)22-25-19(15-31-22)16-7-9-18(24)10-8-16/h4,6-11,15,17H,2-3,5,12-14H2,1H3/t17-/m0/s1. The number of benzene rings is 1. The van der Waals surface area contributed by atoms with E-state index < -0.39 is 0 Å². The van der Waals surface area contributed by atoms with Gasteiger partial charge in [-0.1, -0.05) is 23.7 Å². The largest absolute Gasteiger partial charge is 0.466 e. The average molecular weight is 458 g/mol. The molecule has 0 bridgehead atoms. The van der Waals surface area contributed by atoms with Gasteiger partial charge in [0, 0.05) is 35.3 Å². The van der Waals surface area contributed by atoms with E-state index in [-0.39, 0.29) is 24.3 Å². The van der Waals surface area contributed by atoms with Crippen molar-refractivity contribution in [3.63, 3.8) is 0 Å². The highest BCUT2D eigenvalue weighted by atomic mass is 35.5. The highest BCUT2D eigenvalue weighted by Gasteiger charge is 2.29. The van der Waals surface area contributed by atoms with E-state index in [1.807, 2.05) is 52.5 Å². The zero-order valence-electron chi connectivity index (χ0n) is 17.3. The van der Waals surface area contributed by atoms with Crippen LogP contribution < -0.4 is 0 Å². The Hall–Kier alpha value is -2.64. The number of hydrogen-bond acceptors (Lipinski definition) is 5.